The number of nitrogens with one attached hydrogen (secondary N) is 1. The summed E-state index contributed by atoms with van der Waals surface area (Å²) in [5.74, 6) is -0.154. The van der Waals surface area contributed by atoms with E-state index in [4.69, 9.17) is 23.4 Å². The highest BCUT2D eigenvalue weighted by molar-refractivity contribution is 5.93. The number of aliphatic hydroxyl groups excluding tert-OH is 3. The zero-order valence-electron chi connectivity index (χ0n) is 47.7. The van der Waals surface area contributed by atoms with Crippen LogP contribution in [0.2, 0.25) is 0 Å². The van der Waals surface area contributed by atoms with Crippen LogP contribution in [-0.2, 0) is 46.2 Å². The number of aliphatic hydroxyl groups is 3. The van der Waals surface area contributed by atoms with E-state index < -0.39 is 80.7 Å². The first-order chi connectivity index (χ1) is 38.6. The van der Waals surface area contributed by atoms with Crippen LogP contribution in [0, 0.1) is 85.8 Å². The number of epoxide rings is 1. The lowest BCUT2D eigenvalue weighted by atomic mass is 9.30. The Balaban J connectivity index is 0.834. The lowest BCUT2D eigenvalue weighted by Gasteiger charge is -2.72. The summed E-state index contributed by atoms with van der Waals surface area (Å²) in [7, 11) is 0. The van der Waals surface area contributed by atoms with E-state index >= 15 is 14.4 Å². The van der Waals surface area contributed by atoms with Gasteiger partial charge in [0.2, 0.25) is 0 Å². The molecule has 7 heterocycles. The van der Waals surface area contributed by atoms with Gasteiger partial charge in [-0.3, -0.25) is 14.9 Å². The van der Waals surface area contributed by atoms with Crippen LogP contribution in [0.25, 0.3) is 0 Å². The molecule has 6 aliphatic heterocycles. The van der Waals surface area contributed by atoms with Crippen LogP contribution in [0.5, 0.6) is 0 Å². The second-order valence-electron chi connectivity index (χ2n) is 30.4. The van der Waals surface area contributed by atoms with Gasteiger partial charge in [0.25, 0.3) is 0 Å². The molecule has 13 heteroatoms. The number of rotatable bonds is 9. The van der Waals surface area contributed by atoms with Crippen LogP contribution in [0.3, 0.4) is 0 Å². The SMILES string of the molecule is CC1(C)O[C@@]23CC[C@H]4C5(CCCC5)CC[C@]45CC[C@]2(C5)C(=O)OC[C@@]32[C@@H]1C(=O)[C@@H](O)[C@]1([C@H]3CCC[C@@H](Cc4ccccc4)C3)[C@@H]2CC[C@@]2(C)[C@H](c3ccoc3C[C@@H]([C@H]3CC[C@@H]4[C@H](C=CN5CNC[C@@H]45)C3)[C@H](O)CO)OC(=O)[C@H]3O[C@@]312. The summed E-state index contributed by atoms with van der Waals surface area (Å²) < 4.78 is 35.8. The first-order valence-corrected chi connectivity index (χ1v) is 32.1. The number of carbonyl (C=O) groups excluding carboxylic acids is 3. The molecule has 1 aromatic heterocycles. The summed E-state index contributed by atoms with van der Waals surface area (Å²) in [4.78, 5) is 50.2. The second-order valence-corrected chi connectivity index (χ2v) is 30.4. The van der Waals surface area contributed by atoms with Crippen molar-refractivity contribution in [2.24, 2.45) is 85.8 Å². The summed E-state index contributed by atoms with van der Waals surface area (Å²) in [5, 5.41) is 40.3. The van der Waals surface area contributed by atoms with E-state index in [-0.39, 0.29) is 59.5 Å². The molecule has 0 amide bonds. The van der Waals surface area contributed by atoms with Gasteiger partial charge in [0.05, 0.1) is 53.6 Å². The molecule has 432 valence electrons. The fraction of sp³-hybridized carbons (Fsp3) is 0.776. The van der Waals surface area contributed by atoms with Crippen molar-refractivity contribution in [3.8, 4) is 0 Å². The maximum Gasteiger partial charge on any atom is 0.339 e. The zero-order valence-corrected chi connectivity index (χ0v) is 47.7. The van der Waals surface area contributed by atoms with Gasteiger partial charge in [-0.1, -0.05) is 69.0 Å². The molecule has 0 radical (unpaired) electrons. The van der Waals surface area contributed by atoms with Gasteiger partial charge in [0.15, 0.2) is 11.9 Å². The largest absolute Gasteiger partial charge is 0.469 e. The Kier molecular flexibility index (Phi) is 11.4. The molecule has 2 aromatic rings. The van der Waals surface area contributed by atoms with E-state index in [0.717, 1.165) is 95.8 Å². The highest BCUT2D eigenvalue weighted by atomic mass is 16.7. The van der Waals surface area contributed by atoms with E-state index in [2.05, 4.69) is 73.6 Å². The van der Waals surface area contributed by atoms with Crippen molar-refractivity contribution < 1.29 is 53.1 Å². The maximum atomic E-state index is 16.8. The third kappa shape index (κ3) is 6.29. The monoisotopic (exact) mass is 1100 g/mol. The summed E-state index contributed by atoms with van der Waals surface area (Å²) in [6, 6.07) is 13.1. The van der Waals surface area contributed by atoms with Crippen molar-refractivity contribution in [1.82, 2.24) is 10.2 Å². The quantitative estimate of drug-likeness (QED) is 0.138. The number of fused-ring (bicyclic) bond motifs is 5. The summed E-state index contributed by atoms with van der Waals surface area (Å²) in [5.41, 5.74) is -5.29. The molecule has 14 aliphatic rings. The van der Waals surface area contributed by atoms with E-state index in [1.807, 2.05) is 6.07 Å². The Morgan fingerprint density at radius 2 is 1.64 bits per heavy atom. The fourth-order valence-electron chi connectivity index (χ4n) is 25.1. The molecule has 5 saturated heterocycles. The predicted molar refractivity (Wildman–Crippen MR) is 294 cm³/mol. The van der Waals surface area contributed by atoms with Crippen LogP contribution in [0.4, 0.5) is 0 Å². The van der Waals surface area contributed by atoms with Gasteiger partial charge in [0, 0.05) is 35.4 Å². The van der Waals surface area contributed by atoms with Crippen molar-refractivity contribution in [3.05, 3.63) is 71.8 Å². The molecule has 13 fully saturated rings. The molecule has 16 rings (SSSR count). The zero-order chi connectivity index (χ0) is 54.6. The van der Waals surface area contributed by atoms with Gasteiger partial charge >= 0.3 is 11.9 Å². The number of furan rings is 1. The Morgan fingerprint density at radius 1 is 0.838 bits per heavy atom. The molecule has 2 bridgehead atoms. The molecular formula is C67H88N2O11. The van der Waals surface area contributed by atoms with E-state index in [1.165, 1.54) is 37.7 Å². The Hall–Kier alpha value is -3.59. The molecule has 13 nitrogen and oxygen atoms in total. The van der Waals surface area contributed by atoms with Crippen LogP contribution in [0.15, 0.2) is 59.4 Å². The fourth-order valence-corrected chi connectivity index (χ4v) is 25.1. The molecule has 4 N–H and O–H groups in total. The van der Waals surface area contributed by atoms with Gasteiger partial charge in [-0.25, -0.2) is 4.79 Å². The molecular weight excluding hydrogens is 1010 g/mol. The van der Waals surface area contributed by atoms with E-state index in [9.17, 15) is 15.3 Å². The summed E-state index contributed by atoms with van der Waals surface area (Å²) in [6.45, 7) is 7.89. The number of benzene rings is 1. The van der Waals surface area contributed by atoms with Crippen LogP contribution in [-0.4, -0.2) is 106 Å². The van der Waals surface area contributed by atoms with Crippen molar-refractivity contribution in [1.29, 1.82) is 0 Å². The van der Waals surface area contributed by atoms with E-state index in [0.29, 0.717) is 61.7 Å². The molecule has 80 heavy (non-hydrogen) atoms. The molecule has 0 unspecified atom stereocenters. The predicted octanol–water partition coefficient (Wildman–Crippen LogP) is 9.34. The normalized spacial score (nSPS) is 49.4. The number of cyclic esters (lactones) is 2. The second kappa shape index (κ2) is 17.5. The number of Topliss-reactive ketones (excluding diaryl/α,β-unsaturated/α-hetero) is 1. The number of carbonyl (C=O) groups is 3. The minimum Gasteiger partial charge on any atom is -0.469 e. The van der Waals surface area contributed by atoms with Crippen molar-refractivity contribution in [2.75, 3.05) is 26.4 Å². The van der Waals surface area contributed by atoms with E-state index in [1.54, 1.807) is 6.26 Å². The topological polar surface area (TPSA) is 181 Å². The average molecular weight is 1100 g/mol. The Morgan fingerprint density at radius 3 is 2.46 bits per heavy atom. The Bertz CT molecular complexity index is 2880. The van der Waals surface area contributed by atoms with Gasteiger partial charge in [-0.05, 0) is 199 Å². The molecule has 21 atom stereocenters. The highest BCUT2D eigenvalue weighted by Gasteiger charge is 2.96. The van der Waals surface area contributed by atoms with Gasteiger partial charge in [-0.2, -0.15) is 0 Å². The number of ether oxygens (including phenoxy) is 4. The first kappa shape index (κ1) is 52.0. The van der Waals surface area contributed by atoms with Crippen LogP contribution in [0.1, 0.15) is 172 Å². The molecule has 6 spiro atoms. The van der Waals surface area contributed by atoms with Crippen LogP contribution >= 0.6 is 0 Å². The number of hydrogen-bond donors (Lipinski definition) is 4. The standard InChI is InChI=1S/C67H88N2O11/c1-59(2)53-52(72)54(73)66(43-13-9-12-40(31-43)30-39-10-5-4-6-11-39)51(64(53)37-77-58(75)63-27-26-62(36-63)25-24-61(20-7-8-21-61)50(62)17-23-65(63,64)80-59)16-22-60(3)55(78-57(74)56-67(60,66)79-56)45-19-29-76-49(45)33-46(48(71)35-70)41-14-15-44-42(32-41)18-28-69-38-68-34-47(44)69/h4-6,10-11,18-19,28-29,40-44,46-48,50-51,53-56,68,70-71,73H,7-9,12-17,20-27,30-38H2,1-3H3/t40-,41-,42+,43-,44+,46-,47-,48+,50-,51+,53+,54+,55-,56+,60-,62+,63-,64+,65-,66-,67+/m0/s1. The molecule has 8 saturated carbocycles. The Labute approximate surface area is 472 Å². The number of nitrogens with zero attached hydrogens (tertiary/aromatic N) is 1. The summed E-state index contributed by atoms with van der Waals surface area (Å²) in [6.07, 6.45) is 22.1. The van der Waals surface area contributed by atoms with Crippen molar-refractivity contribution >= 4 is 17.7 Å². The van der Waals surface area contributed by atoms with Crippen molar-refractivity contribution in [3.63, 3.8) is 0 Å². The lowest BCUT2D eigenvalue weighted by Crippen LogP contribution is -2.82. The molecule has 8 aliphatic carbocycles. The van der Waals surface area contributed by atoms with Gasteiger partial charge in [0.1, 0.15) is 30.2 Å². The lowest BCUT2D eigenvalue weighted by molar-refractivity contribution is -0.308. The number of esters is 2. The number of allylic oxidation sites excluding steroid dienone is 1. The average Bonchev–Trinajstić information content (AvgIpc) is 1.44. The van der Waals surface area contributed by atoms with Crippen LogP contribution < -0.4 is 5.32 Å². The first-order valence-electron chi connectivity index (χ1n) is 32.1. The minimum atomic E-state index is -1.49. The van der Waals surface area contributed by atoms with Gasteiger partial charge in [-0.15, -0.1) is 0 Å². The van der Waals surface area contributed by atoms with Crippen molar-refractivity contribution in [2.45, 2.75) is 209 Å². The third-order valence-corrected chi connectivity index (χ3v) is 27.7. The van der Waals surface area contributed by atoms with Gasteiger partial charge < -0.3 is 43.6 Å². The summed E-state index contributed by atoms with van der Waals surface area (Å²) >= 11 is 0. The highest BCUT2D eigenvalue weighted by Crippen LogP contribution is 2.87. The number of ketones is 1. The third-order valence-electron chi connectivity index (χ3n) is 27.7. The number of hydrogen-bond acceptors (Lipinski definition) is 13. The minimum absolute atomic E-state index is 0.0190. The smallest absolute Gasteiger partial charge is 0.339 e. The maximum absolute atomic E-state index is 16.8. The molecule has 1 aromatic carbocycles.